The molecule has 0 radical (unpaired) electrons. The molecule has 0 spiro atoms. The first kappa shape index (κ1) is 18.9. The first-order valence-electron chi connectivity index (χ1n) is 7.84. The molecular formula is C18H19N3O5. The molecule has 8 nitrogen and oxygen atoms in total. The SMILES string of the molecule is CCOC(=O)COc1cc(C=NNC(=O)c2cccnc2)ccc1OC. The molecule has 2 rings (SSSR count). The van der Waals surface area contributed by atoms with Crippen LogP contribution in [0.5, 0.6) is 11.5 Å². The first-order chi connectivity index (χ1) is 12.6. The first-order valence-corrected chi connectivity index (χ1v) is 7.84. The van der Waals surface area contributed by atoms with Crippen molar-refractivity contribution in [1.29, 1.82) is 0 Å². The predicted molar refractivity (Wildman–Crippen MR) is 94.4 cm³/mol. The van der Waals surface area contributed by atoms with Crippen molar-refractivity contribution in [3.05, 3.63) is 53.9 Å². The number of nitrogens with one attached hydrogen (secondary N) is 1. The Bertz CT molecular complexity index is 778. The second kappa shape index (κ2) is 9.77. The van der Waals surface area contributed by atoms with Gasteiger partial charge in [0.2, 0.25) is 0 Å². The minimum absolute atomic E-state index is 0.234. The Labute approximate surface area is 150 Å². The number of hydrogen-bond acceptors (Lipinski definition) is 7. The third-order valence-electron chi connectivity index (χ3n) is 3.14. The van der Waals surface area contributed by atoms with Crippen molar-refractivity contribution in [2.24, 2.45) is 5.10 Å². The summed E-state index contributed by atoms with van der Waals surface area (Å²) in [4.78, 5) is 27.2. The van der Waals surface area contributed by atoms with Crippen LogP contribution < -0.4 is 14.9 Å². The Morgan fingerprint density at radius 1 is 1.27 bits per heavy atom. The zero-order valence-electron chi connectivity index (χ0n) is 14.5. The van der Waals surface area contributed by atoms with Gasteiger partial charge in [0.15, 0.2) is 18.1 Å². The molecule has 0 aliphatic carbocycles. The number of carbonyl (C=O) groups is 2. The molecule has 0 aliphatic rings. The van der Waals surface area contributed by atoms with Crippen LogP contribution in [0.15, 0.2) is 47.8 Å². The fraction of sp³-hybridized carbons (Fsp3) is 0.222. The van der Waals surface area contributed by atoms with Gasteiger partial charge in [-0.05, 0) is 42.8 Å². The van der Waals surface area contributed by atoms with E-state index >= 15 is 0 Å². The van der Waals surface area contributed by atoms with Crippen LogP contribution in [0.2, 0.25) is 0 Å². The minimum Gasteiger partial charge on any atom is -0.493 e. The van der Waals surface area contributed by atoms with Crippen molar-refractivity contribution in [1.82, 2.24) is 10.4 Å². The van der Waals surface area contributed by atoms with Crippen LogP contribution in [-0.2, 0) is 9.53 Å². The largest absolute Gasteiger partial charge is 0.493 e. The quantitative estimate of drug-likeness (QED) is 0.439. The Balaban J connectivity index is 2.01. The van der Waals surface area contributed by atoms with Crippen LogP contribution >= 0.6 is 0 Å². The number of nitrogens with zero attached hydrogens (tertiary/aromatic N) is 2. The summed E-state index contributed by atoms with van der Waals surface area (Å²) in [5.41, 5.74) is 3.46. The third kappa shape index (κ3) is 5.59. The fourth-order valence-corrected chi connectivity index (χ4v) is 1.95. The lowest BCUT2D eigenvalue weighted by molar-refractivity contribution is -0.145. The van der Waals surface area contributed by atoms with Gasteiger partial charge in [0, 0.05) is 12.4 Å². The number of ether oxygens (including phenoxy) is 3. The molecule has 1 N–H and O–H groups in total. The molecule has 26 heavy (non-hydrogen) atoms. The van der Waals surface area contributed by atoms with E-state index in [1.54, 1.807) is 43.5 Å². The van der Waals surface area contributed by atoms with Gasteiger partial charge in [0.05, 0.1) is 25.5 Å². The summed E-state index contributed by atoms with van der Waals surface area (Å²) in [6.07, 6.45) is 4.47. The van der Waals surface area contributed by atoms with Gasteiger partial charge in [-0.25, -0.2) is 10.2 Å². The maximum Gasteiger partial charge on any atom is 0.344 e. The van der Waals surface area contributed by atoms with Crippen LogP contribution in [0.1, 0.15) is 22.8 Å². The molecule has 0 fully saturated rings. The lowest BCUT2D eigenvalue weighted by Gasteiger charge is -2.10. The molecule has 0 aliphatic heterocycles. The molecule has 1 aromatic carbocycles. The van der Waals surface area contributed by atoms with E-state index in [1.807, 2.05) is 0 Å². The summed E-state index contributed by atoms with van der Waals surface area (Å²) in [6, 6.07) is 8.33. The molecular weight excluding hydrogens is 338 g/mol. The molecule has 0 atom stereocenters. The predicted octanol–water partition coefficient (Wildman–Crippen LogP) is 1.80. The molecule has 0 saturated carbocycles. The van der Waals surface area contributed by atoms with E-state index in [2.05, 4.69) is 15.5 Å². The molecule has 2 aromatic rings. The topological polar surface area (TPSA) is 99.1 Å². The molecule has 0 unspecified atom stereocenters. The lowest BCUT2D eigenvalue weighted by atomic mass is 10.2. The summed E-state index contributed by atoms with van der Waals surface area (Å²) in [5.74, 6) is -0.0204. The average molecular weight is 357 g/mol. The normalized spacial score (nSPS) is 10.4. The number of hydrazone groups is 1. The maximum atomic E-state index is 11.9. The second-order valence-electron chi connectivity index (χ2n) is 4.94. The zero-order valence-corrected chi connectivity index (χ0v) is 14.5. The van der Waals surface area contributed by atoms with Gasteiger partial charge in [-0.15, -0.1) is 0 Å². The molecule has 1 aromatic heterocycles. The smallest absolute Gasteiger partial charge is 0.344 e. The number of hydrogen-bond donors (Lipinski definition) is 1. The van der Waals surface area contributed by atoms with Gasteiger partial charge in [0.1, 0.15) is 0 Å². The third-order valence-corrected chi connectivity index (χ3v) is 3.14. The van der Waals surface area contributed by atoms with Crippen molar-refractivity contribution >= 4 is 18.1 Å². The monoisotopic (exact) mass is 357 g/mol. The minimum atomic E-state index is -0.475. The maximum absolute atomic E-state index is 11.9. The second-order valence-corrected chi connectivity index (χ2v) is 4.94. The summed E-state index contributed by atoms with van der Waals surface area (Å²) in [6.45, 7) is 1.76. The Kier molecular flexibility index (Phi) is 7.11. The van der Waals surface area contributed by atoms with Crippen molar-refractivity contribution in [3.8, 4) is 11.5 Å². The summed E-state index contributed by atoms with van der Waals surface area (Å²) in [7, 11) is 1.49. The Morgan fingerprint density at radius 3 is 2.81 bits per heavy atom. The van der Waals surface area contributed by atoms with E-state index in [4.69, 9.17) is 14.2 Å². The number of benzene rings is 1. The van der Waals surface area contributed by atoms with Crippen LogP contribution in [0, 0.1) is 0 Å². The number of aromatic nitrogens is 1. The fourth-order valence-electron chi connectivity index (χ4n) is 1.95. The number of esters is 1. The average Bonchev–Trinajstić information content (AvgIpc) is 2.67. The van der Waals surface area contributed by atoms with Gasteiger partial charge in [-0.2, -0.15) is 5.10 Å². The molecule has 8 heteroatoms. The van der Waals surface area contributed by atoms with E-state index in [0.717, 1.165) is 0 Å². The number of carbonyl (C=O) groups excluding carboxylic acids is 2. The van der Waals surface area contributed by atoms with E-state index < -0.39 is 5.97 Å². The van der Waals surface area contributed by atoms with Crippen molar-refractivity contribution in [2.45, 2.75) is 6.92 Å². The Hall–Kier alpha value is -3.42. The Morgan fingerprint density at radius 2 is 2.12 bits per heavy atom. The number of pyridine rings is 1. The van der Waals surface area contributed by atoms with E-state index in [1.165, 1.54) is 19.5 Å². The summed E-state index contributed by atoms with van der Waals surface area (Å²) in [5, 5.41) is 3.90. The van der Waals surface area contributed by atoms with Crippen LogP contribution in [0.4, 0.5) is 0 Å². The highest BCUT2D eigenvalue weighted by Crippen LogP contribution is 2.27. The van der Waals surface area contributed by atoms with Crippen LogP contribution in [0.25, 0.3) is 0 Å². The van der Waals surface area contributed by atoms with Gasteiger partial charge in [0.25, 0.3) is 5.91 Å². The summed E-state index contributed by atoms with van der Waals surface area (Å²) < 4.78 is 15.4. The van der Waals surface area contributed by atoms with Gasteiger partial charge < -0.3 is 14.2 Å². The molecule has 0 bridgehead atoms. The van der Waals surface area contributed by atoms with Crippen LogP contribution in [0.3, 0.4) is 0 Å². The van der Waals surface area contributed by atoms with Gasteiger partial charge in [-0.3, -0.25) is 9.78 Å². The van der Waals surface area contributed by atoms with Gasteiger partial charge in [-0.1, -0.05) is 0 Å². The number of amides is 1. The zero-order chi connectivity index (χ0) is 18.8. The standard InChI is InChI=1S/C18H19N3O5/c1-3-25-17(22)12-26-16-9-13(6-7-15(16)24-2)10-20-21-18(23)14-5-4-8-19-11-14/h4-11H,3,12H2,1-2H3,(H,21,23). The van der Waals surface area contributed by atoms with Crippen molar-refractivity contribution in [2.75, 3.05) is 20.3 Å². The summed E-state index contributed by atoms with van der Waals surface area (Å²) >= 11 is 0. The van der Waals surface area contributed by atoms with Gasteiger partial charge >= 0.3 is 5.97 Å². The molecule has 1 amide bonds. The van der Waals surface area contributed by atoms with Crippen molar-refractivity contribution in [3.63, 3.8) is 0 Å². The van der Waals surface area contributed by atoms with Crippen LogP contribution in [-0.4, -0.2) is 43.4 Å². The lowest BCUT2D eigenvalue weighted by Crippen LogP contribution is -2.17. The highest BCUT2D eigenvalue weighted by Gasteiger charge is 2.09. The highest BCUT2D eigenvalue weighted by atomic mass is 16.6. The van der Waals surface area contributed by atoms with Crippen molar-refractivity contribution < 1.29 is 23.8 Å². The van der Waals surface area contributed by atoms with E-state index in [-0.39, 0.29) is 19.1 Å². The molecule has 1 heterocycles. The number of rotatable bonds is 8. The highest BCUT2D eigenvalue weighted by molar-refractivity contribution is 5.94. The van der Waals surface area contributed by atoms with E-state index in [9.17, 15) is 9.59 Å². The molecule has 0 saturated heterocycles. The molecule has 136 valence electrons. The number of methoxy groups -OCH3 is 1. The van der Waals surface area contributed by atoms with E-state index in [0.29, 0.717) is 22.6 Å².